The maximum absolute atomic E-state index is 12.0. The van der Waals surface area contributed by atoms with Gasteiger partial charge in [0.25, 0.3) is 0 Å². The van der Waals surface area contributed by atoms with Crippen molar-refractivity contribution >= 4 is 5.97 Å². The Morgan fingerprint density at radius 2 is 2.10 bits per heavy atom. The molecule has 2 nitrogen and oxygen atoms in total. The van der Waals surface area contributed by atoms with Crippen LogP contribution in [0, 0.1) is 11.8 Å². The second-order valence-corrected chi connectivity index (χ2v) is 7.05. The van der Waals surface area contributed by atoms with Crippen molar-refractivity contribution in [2.45, 2.75) is 79.2 Å². The van der Waals surface area contributed by atoms with Gasteiger partial charge in [0.15, 0.2) is 0 Å². The largest absolute Gasteiger partial charge is 0.462 e. The van der Waals surface area contributed by atoms with Gasteiger partial charge >= 0.3 is 5.97 Å². The van der Waals surface area contributed by atoms with Gasteiger partial charge in [-0.25, -0.2) is 0 Å². The summed E-state index contributed by atoms with van der Waals surface area (Å²) in [5.41, 5.74) is 2.91. The Labute approximate surface area is 130 Å². The Hall–Kier alpha value is -1.05. The molecule has 0 aromatic rings. The second kappa shape index (κ2) is 9.07. The van der Waals surface area contributed by atoms with Crippen molar-refractivity contribution in [2.75, 3.05) is 0 Å². The van der Waals surface area contributed by atoms with Crippen molar-refractivity contribution < 1.29 is 9.53 Å². The number of carbonyl (C=O) groups is 1. The molecule has 0 saturated carbocycles. The molecule has 0 aromatic heterocycles. The molecule has 0 fully saturated rings. The molecule has 0 amide bonds. The molecule has 0 aromatic carbocycles. The molecule has 0 N–H and O–H groups in total. The van der Waals surface area contributed by atoms with Crippen LogP contribution in [-0.2, 0) is 9.53 Å². The van der Waals surface area contributed by atoms with Crippen LogP contribution in [0.4, 0.5) is 0 Å². The van der Waals surface area contributed by atoms with Crippen LogP contribution in [0.3, 0.4) is 0 Å². The second-order valence-electron chi connectivity index (χ2n) is 7.05. The highest BCUT2D eigenvalue weighted by Gasteiger charge is 2.22. The lowest BCUT2D eigenvalue weighted by Crippen LogP contribution is -2.25. The smallest absolute Gasteiger partial charge is 0.308 e. The van der Waals surface area contributed by atoms with Crippen LogP contribution in [0.15, 0.2) is 23.3 Å². The lowest BCUT2D eigenvalue weighted by atomic mass is 9.93. The fraction of sp³-hybridized carbons (Fsp3) is 0.737. The van der Waals surface area contributed by atoms with E-state index in [9.17, 15) is 4.79 Å². The molecule has 2 unspecified atom stereocenters. The van der Waals surface area contributed by atoms with E-state index in [4.69, 9.17) is 4.74 Å². The van der Waals surface area contributed by atoms with Crippen LogP contribution in [0.5, 0.6) is 0 Å². The molecule has 0 bridgehead atoms. The Morgan fingerprint density at radius 3 is 2.62 bits per heavy atom. The van der Waals surface area contributed by atoms with Gasteiger partial charge in [0.2, 0.25) is 0 Å². The average molecular weight is 292 g/mol. The summed E-state index contributed by atoms with van der Waals surface area (Å²) >= 11 is 0. The SMILES string of the molecule is CC(C)=CCCC1=CCC(OC(=O)C(C)CC(C)C)CC1. The average Bonchev–Trinajstić information content (AvgIpc) is 2.39. The van der Waals surface area contributed by atoms with Gasteiger partial charge in [-0.15, -0.1) is 0 Å². The lowest BCUT2D eigenvalue weighted by Gasteiger charge is -2.24. The highest BCUT2D eigenvalue weighted by molar-refractivity contribution is 5.72. The van der Waals surface area contributed by atoms with E-state index in [1.807, 2.05) is 6.92 Å². The predicted molar refractivity (Wildman–Crippen MR) is 89.1 cm³/mol. The van der Waals surface area contributed by atoms with Gasteiger partial charge < -0.3 is 4.74 Å². The first-order valence-corrected chi connectivity index (χ1v) is 8.40. The Kier molecular flexibility index (Phi) is 7.77. The Morgan fingerprint density at radius 1 is 1.38 bits per heavy atom. The molecule has 1 aliphatic rings. The molecule has 0 aliphatic heterocycles. The predicted octanol–water partition coefficient (Wildman–Crippen LogP) is 5.44. The summed E-state index contributed by atoms with van der Waals surface area (Å²) in [6.07, 6.45) is 10.8. The van der Waals surface area contributed by atoms with Gasteiger partial charge in [-0.2, -0.15) is 0 Å². The number of ether oxygens (including phenoxy) is 1. The zero-order chi connectivity index (χ0) is 15.8. The number of esters is 1. The molecule has 1 aliphatic carbocycles. The lowest BCUT2D eigenvalue weighted by molar-refractivity contribution is -0.154. The molecule has 0 saturated heterocycles. The third-order valence-electron chi connectivity index (χ3n) is 3.99. The number of carbonyl (C=O) groups excluding carboxylic acids is 1. The molecular formula is C19H32O2. The van der Waals surface area contributed by atoms with Crippen molar-refractivity contribution in [1.29, 1.82) is 0 Å². The topological polar surface area (TPSA) is 26.3 Å². The minimum Gasteiger partial charge on any atom is -0.462 e. The van der Waals surface area contributed by atoms with Crippen molar-refractivity contribution in [3.05, 3.63) is 23.3 Å². The van der Waals surface area contributed by atoms with E-state index in [2.05, 4.69) is 39.8 Å². The fourth-order valence-electron chi connectivity index (χ4n) is 2.83. The quantitative estimate of drug-likeness (QED) is 0.461. The van der Waals surface area contributed by atoms with Gasteiger partial charge in [-0.05, 0) is 51.9 Å². The van der Waals surface area contributed by atoms with Crippen LogP contribution >= 0.6 is 0 Å². The van der Waals surface area contributed by atoms with E-state index in [0.29, 0.717) is 5.92 Å². The minimum atomic E-state index is -0.0184. The maximum Gasteiger partial charge on any atom is 0.308 e. The van der Waals surface area contributed by atoms with Gasteiger partial charge in [0, 0.05) is 6.42 Å². The molecule has 1 rings (SSSR count). The molecule has 0 radical (unpaired) electrons. The Bertz CT molecular complexity index is 386. The van der Waals surface area contributed by atoms with Gasteiger partial charge in [0.05, 0.1) is 5.92 Å². The van der Waals surface area contributed by atoms with Gasteiger partial charge in [-0.3, -0.25) is 4.79 Å². The molecule has 0 heterocycles. The summed E-state index contributed by atoms with van der Waals surface area (Å²) in [4.78, 5) is 12.0. The third kappa shape index (κ3) is 7.50. The zero-order valence-corrected chi connectivity index (χ0v) is 14.4. The highest BCUT2D eigenvalue weighted by atomic mass is 16.5. The van der Waals surface area contributed by atoms with Crippen molar-refractivity contribution in [1.82, 2.24) is 0 Å². The van der Waals surface area contributed by atoms with Crippen LogP contribution in [-0.4, -0.2) is 12.1 Å². The Balaban J connectivity index is 2.33. The van der Waals surface area contributed by atoms with Crippen molar-refractivity contribution in [3.8, 4) is 0 Å². The highest BCUT2D eigenvalue weighted by Crippen LogP contribution is 2.25. The monoisotopic (exact) mass is 292 g/mol. The van der Waals surface area contributed by atoms with Crippen LogP contribution in [0.1, 0.15) is 73.1 Å². The first-order chi connectivity index (χ1) is 9.88. The van der Waals surface area contributed by atoms with Gasteiger partial charge in [-0.1, -0.05) is 44.1 Å². The van der Waals surface area contributed by atoms with Gasteiger partial charge in [0.1, 0.15) is 6.10 Å². The molecule has 2 heteroatoms. The number of hydrogen-bond donors (Lipinski definition) is 0. The summed E-state index contributed by atoms with van der Waals surface area (Å²) in [6, 6.07) is 0. The van der Waals surface area contributed by atoms with Crippen LogP contribution in [0.2, 0.25) is 0 Å². The van der Waals surface area contributed by atoms with Crippen molar-refractivity contribution in [3.63, 3.8) is 0 Å². The minimum absolute atomic E-state index is 0.0184. The molecule has 2 atom stereocenters. The number of rotatable bonds is 7. The molecule has 0 spiro atoms. The number of allylic oxidation sites excluding steroid dienone is 3. The zero-order valence-electron chi connectivity index (χ0n) is 14.4. The molecule has 21 heavy (non-hydrogen) atoms. The summed E-state index contributed by atoms with van der Waals surface area (Å²) in [5.74, 6) is 0.545. The number of hydrogen-bond acceptors (Lipinski definition) is 2. The summed E-state index contributed by atoms with van der Waals surface area (Å²) in [5, 5.41) is 0. The first-order valence-electron chi connectivity index (χ1n) is 8.40. The van der Waals surface area contributed by atoms with E-state index in [-0.39, 0.29) is 18.0 Å². The van der Waals surface area contributed by atoms with E-state index in [1.54, 1.807) is 0 Å². The van der Waals surface area contributed by atoms with E-state index >= 15 is 0 Å². The van der Waals surface area contributed by atoms with E-state index < -0.39 is 0 Å². The standard InChI is InChI=1S/C19H32O2/c1-14(2)7-6-8-17-9-11-18(12-10-17)21-19(20)16(5)13-15(3)4/h7,9,15-16,18H,6,8,10-13H2,1-5H3. The summed E-state index contributed by atoms with van der Waals surface area (Å²) in [6.45, 7) is 10.6. The van der Waals surface area contributed by atoms with Crippen LogP contribution < -0.4 is 0 Å². The van der Waals surface area contributed by atoms with Crippen molar-refractivity contribution in [2.24, 2.45) is 11.8 Å². The summed E-state index contributed by atoms with van der Waals surface area (Å²) < 4.78 is 5.65. The molecule has 120 valence electrons. The van der Waals surface area contributed by atoms with E-state index in [1.165, 1.54) is 11.1 Å². The molecular weight excluding hydrogens is 260 g/mol. The fourth-order valence-corrected chi connectivity index (χ4v) is 2.83. The van der Waals surface area contributed by atoms with E-state index in [0.717, 1.165) is 38.5 Å². The third-order valence-corrected chi connectivity index (χ3v) is 3.99. The first kappa shape index (κ1) is 18.0. The van der Waals surface area contributed by atoms with Crippen LogP contribution in [0.25, 0.3) is 0 Å². The summed E-state index contributed by atoms with van der Waals surface area (Å²) in [7, 11) is 0. The normalized spacial score (nSPS) is 19.9. The maximum atomic E-state index is 12.0.